The second-order valence-electron chi connectivity index (χ2n) is 3.73. The van der Waals surface area contributed by atoms with Crippen molar-refractivity contribution in [3.8, 4) is 0 Å². The standard InChI is InChI=1S/C10H19NO2/c1-7(2)11-10(9(4)13)6-5-8(3)12/h7,10-11H,5-6H2,1-4H3/t10-/m0/s1. The number of ketones is 2. The van der Waals surface area contributed by atoms with E-state index in [9.17, 15) is 9.59 Å². The highest BCUT2D eigenvalue weighted by Gasteiger charge is 2.14. The summed E-state index contributed by atoms with van der Waals surface area (Å²) in [5.74, 6) is 0.242. The van der Waals surface area contributed by atoms with Gasteiger partial charge in [0.25, 0.3) is 0 Å². The molecule has 0 rings (SSSR count). The monoisotopic (exact) mass is 185 g/mol. The van der Waals surface area contributed by atoms with Gasteiger partial charge in [-0.1, -0.05) is 13.8 Å². The third-order valence-corrected chi connectivity index (χ3v) is 1.81. The molecule has 0 aliphatic rings. The quantitative estimate of drug-likeness (QED) is 0.678. The minimum atomic E-state index is -0.163. The first-order valence-electron chi connectivity index (χ1n) is 4.69. The largest absolute Gasteiger partial charge is 0.305 e. The van der Waals surface area contributed by atoms with E-state index < -0.39 is 0 Å². The Balaban J connectivity index is 3.95. The lowest BCUT2D eigenvalue weighted by molar-refractivity contribution is -0.120. The van der Waals surface area contributed by atoms with Gasteiger partial charge in [-0.25, -0.2) is 0 Å². The van der Waals surface area contributed by atoms with Gasteiger partial charge in [0, 0.05) is 12.5 Å². The highest BCUT2D eigenvalue weighted by Crippen LogP contribution is 2.00. The molecule has 0 radical (unpaired) electrons. The lowest BCUT2D eigenvalue weighted by Crippen LogP contribution is -2.39. The molecule has 76 valence electrons. The van der Waals surface area contributed by atoms with Crippen molar-refractivity contribution in [3.05, 3.63) is 0 Å². The van der Waals surface area contributed by atoms with Gasteiger partial charge < -0.3 is 10.1 Å². The molecule has 1 N–H and O–H groups in total. The minimum absolute atomic E-state index is 0.106. The third-order valence-electron chi connectivity index (χ3n) is 1.81. The summed E-state index contributed by atoms with van der Waals surface area (Å²) < 4.78 is 0. The summed E-state index contributed by atoms with van der Waals surface area (Å²) in [6.07, 6.45) is 1.09. The molecule has 0 saturated heterocycles. The summed E-state index contributed by atoms with van der Waals surface area (Å²) in [6.45, 7) is 7.08. The van der Waals surface area contributed by atoms with Gasteiger partial charge >= 0.3 is 0 Å². The van der Waals surface area contributed by atoms with Gasteiger partial charge in [0.05, 0.1) is 6.04 Å². The average Bonchev–Trinajstić information content (AvgIpc) is 1.96. The normalized spacial score (nSPS) is 13.0. The number of Topliss-reactive ketones (excluding diaryl/α,β-unsaturated/α-hetero) is 2. The van der Waals surface area contributed by atoms with Crippen LogP contribution in [0.2, 0.25) is 0 Å². The fourth-order valence-electron chi connectivity index (χ4n) is 1.15. The van der Waals surface area contributed by atoms with Crippen molar-refractivity contribution in [1.82, 2.24) is 5.32 Å². The van der Waals surface area contributed by atoms with Crippen LogP contribution < -0.4 is 5.32 Å². The van der Waals surface area contributed by atoms with Crippen LogP contribution in [-0.2, 0) is 9.59 Å². The molecule has 0 aromatic carbocycles. The van der Waals surface area contributed by atoms with Crippen LogP contribution in [0.1, 0.15) is 40.5 Å². The Bertz CT molecular complexity index is 187. The SMILES string of the molecule is CC(=O)CC[C@H](NC(C)C)C(C)=O. The molecule has 0 aliphatic heterocycles. The number of hydrogen-bond donors (Lipinski definition) is 1. The van der Waals surface area contributed by atoms with Gasteiger partial charge in [0.15, 0.2) is 0 Å². The Morgan fingerprint density at radius 3 is 2.08 bits per heavy atom. The molecule has 3 nitrogen and oxygen atoms in total. The fraction of sp³-hybridized carbons (Fsp3) is 0.800. The van der Waals surface area contributed by atoms with Crippen molar-refractivity contribution in [2.45, 2.75) is 52.6 Å². The van der Waals surface area contributed by atoms with Gasteiger partial charge in [0.1, 0.15) is 11.6 Å². The number of carbonyl (C=O) groups is 2. The molecule has 0 aromatic heterocycles. The average molecular weight is 185 g/mol. The molecule has 0 amide bonds. The molecular formula is C10H19NO2. The molecule has 0 heterocycles. The summed E-state index contributed by atoms with van der Waals surface area (Å²) in [4.78, 5) is 21.8. The summed E-state index contributed by atoms with van der Waals surface area (Å²) in [5.41, 5.74) is 0. The Hall–Kier alpha value is -0.700. The molecule has 3 heteroatoms. The minimum Gasteiger partial charge on any atom is -0.305 e. The molecule has 0 aliphatic carbocycles. The zero-order valence-corrected chi connectivity index (χ0v) is 8.89. The zero-order chi connectivity index (χ0) is 10.4. The predicted octanol–water partition coefficient (Wildman–Crippen LogP) is 1.31. The van der Waals surface area contributed by atoms with Crippen LogP contribution in [0, 0.1) is 0 Å². The van der Waals surface area contributed by atoms with E-state index in [0.717, 1.165) is 0 Å². The molecule has 13 heavy (non-hydrogen) atoms. The van der Waals surface area contributed by atoms with Gasteiger partial charge in [-0.05, 0) is 20.3 Å². The van der Waals surface area contributed by atoms with Crippen molar-refractivity contribution in [1.29, 1.82) is 0 Å². The topological polar surface area (TPSA) is 46.2 Å². The van der Waals surface area contributed by atoms with E-state index >= 15 is 0 Å². The van der Waals surface area contributed by atoms with Gasteiger partial charge in [-0.2, -0.15) is 0 Å². The maximum absolute atomic E-state index is 11.1. The van der Waals surface area contributed by atoms with Crippen molar-refractivity contribution < 1.29 is 9.59 Å². The Kier molecular flexibility index (Phi) is 5.55. The smallest absolute Gasteiger partial charge is 0.146 e. The second kappa shape index (κ2) is 5.86. The maximum atomic E-state index is 11.1. The van der Waals surface area contributed by atoms with E-state index in [1.54, 1.807) is 13.8 Å². The predicted molar refractivity (Wildman–Crippen MR) is 52.7 cm³/mol. The molecule has 1 atom stereocenters. The Morgan fingerprint density at radius 1 is 1.23 bits per heavy atom. The van der Waals surface area contributed by atoms with Crippen LogP contribution in [0.4, 0.5) is 0 Å². The van der Waals surface area contributed by atoms with Crippen molar-refractivity contribution in [2.75, 3.05) is 0 Å². The Labute approximate surface area is 79.9 Å². The lowest BCUT2D eigenvalue weighted by atomic mass is 10.1. The lowest BCUT2D eigenvalue weighted by Gasteiger charge is -2.17. The highest BCUT2D eigenvalue weighted by molar-refractivity contribution is 5.82. The van der Waals surface area contributed by atoms with Crippen LogP contribution in [0.5, 0.6) is 0 Å². The summed E-state index contributed by atoms with van der Waals surface area (Å²) in [6, 6.07) is 0.116. The molecule has 0 spiro atoms. The van der Waals surface area contributed by atoms with Crippen LogP contribution in [0.3, 0.4) is 0 Å². The number of hydrogen-bond acceptors (Lipinski definition) is 3. The van der Waals surface area contributed by atoms with Gasteiger partial charge in [0.2, 0.25) is 0 Å². The van der Waals surface area contributed by atoms with Gasteiger partial charge in [-0.15, -0.1) is 0 Å². The molecule has 0 fully saturated rings. The van der Waals surface area contributed by atoms with Crippen LogP contribution >= 0.6 is 0 Å². The highest BCUT2D eigenvalue weighted by atomic mass is 16.1. The zero-order valence-electron chi connectivity index (χ0n) is 8.89. The van der Waals surface area contributed by atoms with Crippen molar-refractivity contribution >= 4 is 11.6 Å². The van der Waals surface area contributed by atoms with Crippen molar-refractivity contribution in [2.24, 2.45) is 0 Å². The first-order chi connectivity index (χ1) is 5.93. The van der Waals surface area contributed by atoms with E-state index in [2.05, 4.69) is 5.32 Å². The number of carbonyl (C=O) groups excluding carboxylic acids is 2. The maximum Gasteiger partial charge on any atom is 0.146 e. The number of nitrogens with one attached hydrogen (secondary N) is 1. The second-order valence-corrected chi connectivity index (χ2v) is 3.73. The van der Waals surface area contributed by atoms with E-state index in [-0.39, 0.29) is 23.7 Å². The third kappa shape index (κ3) is 6.46. The first kappa shape index (κ1) is 12.3. The fourth-order valence-corrected chi connectivity index (χ4v) is 1.15. The van der Waals surface area contributed by atoms with Crippen LogP contribution in [0.15, 0.2) is 0 Å². The number of rotatable bonds is 6. The van der Waals surface area contributed by atoms with Crippen molar-refractivity contribution in [3.63, 3.8) is 0 Å². The molecule has 0 saturated carbocycles. The van der Waals surface area contributed by atoms with Crippen LogP contribution in [0.25, 0.3) is 0 Å². The van der Waals surface area contributed by atoms with E-state index in [1.807, 2.05) is 13.8 Å². The van der Waals surface area contributed by atoms with E-state index in [0.29, 0.717) is 12.8 Å². The van der Waals surface area contributed by atoms with E-state index in [4.69, 9.17) is 0 Å². The first-order valence-corrected chi connectivity index (χ1v) is 4.69. The molecule has 0 unspecified atom stereocenters. The van der Waals surface area contributed by atoms with Crippen LogP contribution in [-0.4, -0.2) is 23.7 Å². The Morgan fingerprint density at radius 2 is 1.77 bits per heavy atom. The summed E-state index contributed by atoms with van der Waals surface area (Å²) >= 11 is 0. The summed E-state index contributed by atoms with van der Waals surface area (Å²) in [5, 5.41) is 3.13. The van der Waals surface area contributed by atoms with Gasteiger partial charge in [-0.3, -0.25) is 4.79 Å². The molecule has 0 bridgehead atoms. The molecular weight excluding hydrogens is 166 g/mol. The molecule has 0 aromatic rings. The van der Waals surface area contributed by atoms with E-state index in [1.165, 1.54) is 0 Å². The summed E-state index contributed by atoms with van der Waals surface area (Å²) in [7, 11) is 0.